The number of hydrogen-bond donors (Lipinski definition) is 1. The second-order valence-corrected chi connectivity index (χ2v) is 3.71. The molecule has 0 spiro atoms. The van der Waals surface area contributed by atoms with Crippen LogP contribution in [0.3, 0.4) is 0 Å². The number of fused-ring (bicyclic) bond motifs is 1. The number of nitrogens with zero attached hydrogens (tertiary/aromatic N) is 1. The molecule has 2 aromatic carbocycles. The van der Waals surface area contributed by atoms with Gasteiger partial charge in [0.25, 0.3) is 0 Å². The van der Waals surface area contributed by atoms with Crippen molar-refractivity contribution in [3.63, 3.8) is 0 Å². The second-order valence-electron chi connectivity index (χ2n) is 3.71. The Labute approximate surface area is 115 Å². The molecule has 0 unspecified atom stereocenters. The first-order chi connectivity index (χ1) is 9.35. The molecule has 0 saturated carbocycles. The van der Waals surface area contributed by atoms with Crippen molar-refractivity contribution in [3.8, 4) is 0 Å². The van der Waals surface area contributed by atoms with Crippen LogP contribution < -0.4 is 5.32 Å². The van der Waals surface area contributed by atoms with E-state index in [0.29, 0.717) is 0 Å². The van der Waals surface area contributed by atoms with Gasteiger partial charge in [0, 0.05) is 17.3 Å². The van der Waals surface area contributed by atoms with E-state index >= 15 is 0 Å². The van der Waals surface area contributed by atoms with E-state index < -0.39 is 0 Å². The highest BCUT2D eigenvalue weighted by Crippen LogP contribution is 2.24. The zero-order chi connectivity index (χ0) is 14.1. The van der Waals surface area contributed by atoms with Crippen molar-refractivity contribution in [1.29, 1.82) is 0 Å². The number of allylic oxidation sites excluding steroid dienone is 1. The third kappa shape index (κ3) is 3.95. The Morgan fingerprint density at radius 3 is 2.37 bits per heavy atom. The molecule has 2 heteroatoms. The summed E-state index contributed by atoms with van der Waals surface area (Å²) in [5.41, 5.74) is 1.09. The average molecular weight is 254 g/mol. The average Bonchev–Trinajstić information content (AvgIpc) is 2.49. The first kappa shape index (κ1) is 15.0. The first-order valence-corrected chi connectivity index (χ1v) is 6.75. The fourth-order valence-electron chi connectivity index (χ4n) is 1.79. The number of benzene rings is 2. The highest BCUT2D eigenvalue weighted by Gasteiger charge is 2.00. The van der Waals surface area contributed by atoms with Gasteiger partial charge in [-0.3, -0.25) is 0 Å². The summed E-state index contributed by atoms with van der Waals surface area (Å²) in [5.74, 6) is 0.865. The topological polar surface area (TPSA) is 24.4 Å². The van der Waals surface area contributed by atoms with Crippen LogP contribution in [-0.2, 0) is 0 Å². The number of rotatable bonds is 3. The predicted octanol–water partition coefficient (Wildman–Crippen LogP) is 5.23. The van der Waals surface area contributed by atoms with Gasteiger partial charge in [-0.25, -0.2) is 4.99 Å². The largest absolute Gasteiger partial charge is 0.340 e. The van der Waals surface area contributed by atoms with E-state index in [1.54, 1.807) is 6.21 Å². The van der Waals surface area contributed by atoms with Crippen molar-refractivity contribution in [2.45, 2.75) is 27.7 Å². The van der Waals surface area contributed by atoms with Crippen molar-refractivity contribution in [2.75, 3.05) is 5.32 Å². The van der Waals surface area contributed by atoms with Crippen molar-refractivity contribution in [1.82, 2.24) is 0 Å². The third-order valence-electron chi connectivity index (χ3n) is 2.59. The SMILES string of the molecule is C/C=N\C(=C/C)Nc1cccc2ccccc12.CC. The lowest BCUT2D eigenvalue weighted by atomic mass is 10.1. The lowest BCUT2D eigenvalue weighted by Gasteiger charge is -2.09. The van der Waals surface area contributed by atoms with Crippen LogP contribution in [0.2, 0.25) is 0 Å². The molecule has 0 bridgehead atoms. The van der Waals surface area contributed by atoms with Crippen LogP contribution in [0.5, 0.6) is 0 Å². The molecule has 0 heterocycles. The molecule has 0 fully saturated rings. The minimum absolute atomic E-state index is 0.865. The maximum absolute atomic E-state index is 4.27. The molecule has 2 aromatic rings. The molecule has 0 radical (unpaired) electrons. The summed E-state index contributed by atoms with van der Waals surface area (Å²) in [6, 6.07) is 14.5. The standard InChI is InChI=1S/C15H16N2.C2H6/c1-3-15(16-4-2)17-14-11-7-9-12-8-5-6-10-13(12)14;1-2/h3-11,17H,1-2H3;1-2H3/b15-3+,16-4-;. The van der Waals surface area contributed by atoms with Crippen molar-refractivity contribution >= 4 is 22.7 Å². The quantitative estimate of drug-likeness (QED) is 0.745. The lowest BCUT2D eigenvalue weighted by Crippen LogP contribution is -1.97. The number of aliphatic imine (C=N–C) groups is 1. The van der Waals surface area contributed by atoms with Crippen molar-refractivity contribution in [3.05, 3.63) is 54.4 Å². The van der Waals surface area contributed by atoms with Crippen LogP contribution in [0.1, 0.15) is 27.7 Å². The van der Waals surface area contributed by atoms with Gasteiger partial charge in [0.1, 0.15) is 5.82 Å². The molecule has 19 heavy (non-hydrogen) atoms. The summed E-state index contributed by atoms with van der Waals surface area (Å²) in [5, 5.41) is 5.77. The van der Waals surface area contributed by atoms with Crippen LogP contribution in [0.25, 0.3) is 10.8 Å². The maximum Gasteiger partial charge on any atom is 0.125 e. The molecule has 0 saturated heterocycles. The molecule has 2 nitrogen and oxygen atoms in total. The highest BCUT2D eigenvalue weighted by atomic mass is 15.0. The smallest absolute Gasteiger partial charge is 0.125 e. The predicted molar refractivity (Wildman–Crippen MR) is 86.8 cm³/mol. The highest BCUT2D eigenvalue weighted by molar-refractivity contribution is 5.94. The van der Waals surface area contributed by atoms with Gasteiger partial charge in [-0.05, 0) is 31.4 Å². The molecule has 0 aromatic heterocycles. The minimum Gasteiger partial charge on any atom is -0.340 e. The summed E-state index contributed by atoms with van der Waals surface area (Å²) >= 11 is 0. The monoisotopic (exact) mass is 254 g/mol. The first-order valence-electron chi connectivity index (χ1n) is 6.75. The Hall–Kier alpha value is -2.09. The maximum atomic E-state index is 4.27. The number of nitrogens with one attached hydrogen (secondary N) is 1. The minimum atomic E-state index is 0.865. The van der Waals surface area contributed by atoms with Gasteiger partial charge in [-0.15, -0.1) is 0 Å². The molecule has 0 aliphatic heterocycles. The van der Waals surface area contributed by atoms with Crippen molar-refractivity contribution in [2.24, 2.45) is 4.99 Å². The summed E-state index contributed by atoms with van der Waals surface area (Å²) in [6.45, 7) is 7.88. The van der Waals surface area contributed by atoms with Crippen molar-refractivity contribution < 1.29 is 0 Å². The number of hydrogen-bond acceptors (Lipinski definition) is 2. The summed E-state index contributed by atoms with van der Waals surface area (Å²) < 4.78 is 0. The molecule has 2 rings (SSSR count). The van der Waals surface area contributed by atoms with Gasteiger partial charge in [0.15, 0.2) is 0 Å². The van der Waals surface area contributed by atoms with Crippen LogP contribution in [-0.4, -0.2) is 6.21 Å². The van der Waals surface area contributed by atoms with E-state index in [4.69, 9.17) is 0 Å². The van der Waals surface area contributed by atoms with Gasteiger partial charge in [0.2, 0.25) is 0 Å². The number of anilines is 1. The lowest BCUT2D eigenvalue weighted by molar-refractivity contribution is 1.30. The fraction of sp³-hybridized carbons (Fsp3) is 0.235. The van der Waals surface area contributed by atoms with Gasteiger partial charge in [0.05, 0.1) is 0 Å². The van der Waals surface area contributed by atoms with Crippen LogP contribution in [0.4, 0.5) is 5.69 Å². The third-order valence-corrected chi connectivity index (χ3v) is 2.59. The Balaban J connectivity index is 0.000000861. The Morgan fingerprint density at radius 1 is 1.00 bits per heavy atom. The zero-order valence-electron chi connectivity index (χ0n) is 12.1. The molecule has 100 valence electrons. The fourth-order valence-corrected chi connectivity index (χ4v) is 1.79. The van der Waals surface area contributed by atoms with Gasteiger partial charge in [-0.2, -0.15) is 0 Å². The van der Waals surface area contributed by atoms with Gasteiger partial charge < -0.3 is 5.32 Å². The zero-order valence-corrected chi connectivity index (χ0v) is 12.1. The Morgan fingerprint density at radius 2 is 1.68 bits per heavy atom. The van der Waals surface area contributed by atoms with E-state index in [2.05, 4.69) is 34.6 Å². The van der Waals surface area contributed by atoms with Gasteiger partial charge >= 0.3 is 0 Å². The summed E-state index contributed by atoms with van der Waals surface area (Å²) in [7, 11) is 0. The summed E-state index contributed by atoms with van der Waals surface area (Å²) in [4.78, 5) is 4.27. The normalized spacial score (nSPS) is 11.3. The molecule has 0 atom stereocenters. The summed E-state index contributed by atoms with van der Waals surface area (Å²) in [6.07, 6.45) is 3.75. The van der Waals surface area contributed by atoms with E-state index in [9.17, 15) is 0 Å². The van der Waals surface area contributed by atoms with Crippen LogP contribution >= 0.6 is 0 Å². The Bertz CT molecular complexity index is 563. The van der Waals surface area contributed by atoms with Crippen LogP contribution in [0, 0.1) is 0 Å². The van der Waals surface area contributed by atoms with E-state index in [1.165, 1.54) is 10.8 Å². The molecular formula is C17H22N2. The second kappa shape index (κ2) is 8.09. The van der Waals surface area contributed by atoms with E-state index in [0.717, 1.165) is 11.5 Å². The van der Waals surface area contributed by atoms with E-state index in [1.807, 2.05) is 52.0 Å². The van der Waals surface area contributed by atoms with Crippen LogP contribution in [0.15, 0.2) is 59.4 Å². The molecule has 0 aliphatic rings. The molecule has 1 N–H and O–H groups in total. The molecular weight excluding hydrogens is 232 g/mol. The molecule has 0 aliphatic carbocycles. The van der Waals surface area contributed by atoms with E-state index in [-0.39, 0.29) is 0 Å². The van der Waals surface area contributed by atoms with Gasteiger partial charge in [-0.1, -0.05) is 50.2 Å². The molecule has 0 amide bonds. The Kier molecular flexibility index (Phi) is 6.37.